The van der Waals surface area contributed by atoms with Crippen LogP contribution >= 0.6 is 0 Å². The summed E-state index contributed by atoms with van der Waals surface area (Å²) in [4.78, 5) is 34.4. The quantitative estimate of drug-likeness (QED) is 0.669. The first-order valence-electron chi connectivity index (χ1n) is 5.39. The van der Waals surface area contributed by atoms with Crippen molar-refractivity contribution < 1.29 is 24.6 Å². The summed E-state index contributed by atoms with van der Waals surface area (Å²) in [6.45, 7) is 3.21. The van der Waals surface area contributed by atoms with Crippen molar-refractivity contribution in [2.75, 3.05) is 0 Å². The molecule has 0 unspecified atom stereocenters. The largest absolute Gasteiger partial charge is 0.480 e. The minimum Gasteiger partial charge on any atom is -0.480 e. The molecule has 5 nitrogen and oxygen atoms in total. The lowest BCUT2D eigenvalue weighted by Gasteiger charge is -2.26. The molecule has 0 aromatic carbocycles. The molecule has 0 bridgehead atoms. The van der Waals surface area contributed by atoms with E-state index in [1.807, 2.05) is 0 Å². The molecule has 90 valence electrons. The highest BCUT2D eigenvalue weighted by atomic mass is 16.4. The third kappa shape index (κ3) is 1.50. The zero-order valence-corrected chi connectivity index (χ0v) is 9.45. The van der Waals surface area contributed by atoms with Crippen LogP contribution in [0.1, 0.15) is 39.5 Å². The van der Waals surface area contributed by atoms with Gasteiger partial charge in [-0.05, 0) is 25.7 Å². The van der Waals surface area contributed by atoms with Gasteiger partial charge in [-0.2, -0.15) is 0 Å². The van der Waals surface area contributed by atoms with Crippen LogP contribution in [0.15, 0.2) is 0 Å². The number of aliphatic carboxylic acids is 2. The van der Waals surface area contributed by atoms with Crippen molar-refractivity contribution in [3.05, 3.63) is 0 Å². The minimum atomic E-state index is -2.26. The van der Waals surface area contributed by atoms with Crippen molar-refractivity contribution in [1.29, 1.82) is 0 Å². The number of hydrogen-bond acceptors (Lipinski definition) is 3. The van der Waals surface area contributed by atoms with Gasteiger partial charge in [0.1, 0.15) is 0 Å². The molecule has 0 spiro atoms. The maximum atomic E-state index is 12.1. The number of Topliss-reactive ketones (excluding diaryl/α,β-unsaturated/α-hetero) is 1. The molecule has 0 amide bonds. The summed E-state index contributed by atoms with van der Waals surface area (Å²) in [6.07, 6.45) is 1.50. The molecule has 0 atom stereocenters. The van der Waals surface area contributed by atoms with Gasteiger partial charge in [0.25, 0.3) is 0 Å². The van der Waals surface area contributed by atoms with Crippen LogP contribution < -0.4 is 0 Å². The van der Waals surface area contributed by atoms with Gasteiger partial charge in [0.15, 0.2) is 5.78 Å². The lowest BCUT2D eigenvalue weighted by atomic mass is 9.73. The molecule has 0 saturated heterocycles. The minimum absolute atomic E-state index is 0.210. The highest BCUT2D eigenvalue weighted by Crippen LogP contribution is 2.53. The molecule has 2 N–H and O–H groups in total. The predicted molar refractivity (Wildman–Crippen MR) is 55.0 cm³/mol. The van der Waals surface area contributed by atoms with E-state index in [1.165, 1.54) is 6.92 Å². The van der Waals surface area contributed by atoms with Gasteiger partial charge >= 0.3 is 11.9 Å². The fourth-order valence-corrected chi connectivity index (χ4v) is 2.09. The van der Waals surface area contributed by atoms with E-state index < -0.39 is 28.6 Å². The summed E-state index contributed by atoms with van der Waals surface area (Å²) in [5.41, 5.74) is -2.96. The highest BCUT2D eigenvalue weighted by molar-refractivity contribution is 6.21. The van der Waals surface area contributed by atoms with Gasteiger partial charge in [-0.25, -0.2) is 0 Å². The van der Waals surface area contributed by atoms with Crippen LogP contribution in [0.25, 0.3) is 0 Å². The second-order valence-corrected chi connectivity index (χ2v) is 4.33. The topological polar surface area (TPSA) is 91.7 Å². The van der Waals surface area contributed by atoms with Crippen molar-refractivity contribution in [2.45, 2.75) is 39.5 Å². The lowest BCUT2D eigenvalue weighted by Crippen LogP contribution is -2.49. The Morgan fingerprint density at radius 3 is 1.75 bits per heavy atom. The number of carboxylic acids is 2. The Morgan fingerprint density at radius 1 is 1.12 bits per heavy atom. The van der Waals surface area contributed by atoms with Crippen molar-refractivity contribution in [1.82, 2.24) is 0 Å². The third-order valence-electron chi connectivity index (χ3n) is 3.66. The van der Waals surface area contributed by atoms with Crippen molar-refractivity contribution >= 4 is 17.7 Å². The number of carbonyl (C=O) groups is 3. The van der Waals surface area contributed by atoms with Crippen LogP contribution in [-0.4, -0.2) is 27.9 Å². The van der Waals surface area contributed by atoms with Crippen LogP contribution in [-0.2, 0) is 14.4 Å². The first-order chi connectivity index (χ1) is 7.37. The molecule has 1 rings (SSSR count). The van der Waals surface area contributed by atoms with E-state index in [2.05, 4.69) is 0 Å². The van der Waals surface area contributed by atoms with E-state index >= 15 is 0 Å². The van der Waals surface area contributed by atoms with E-state index in [0.717, 1.165) is 0 Å². The molecule has 5 heteroatoms. The maximum absolute atomic E-state index is 12.1. The average Bonchev–Trinajstić information content (AvgIpc) is 2.98. The molecule has 1 aliphatic carbocycles. The second-order valence-electron chi connectivity index (χ2n) is 4.33. The molecule has 0 aromatic rings. The van der Waals surface area contributed by atoms with E-state index in [1.54, 1.807) is 6.92 Å². The van der Waals surface area contributed by atoms with Crippen LogP contribution in [0.3, 0.4) is 0 Å². The smallest absolute Gasteiger partial charge is 0.328 e. The van der Waals surface area contributed by atoms with Gasteiger partial charge in [-0.1, -0.05) is 13.8 Å². The van der Waals surface area contributed by atoms with Crippen molar-refractivity contribution in [2.24, 2.45) is 10.8 Å². The molecule has 1 aliphatic rings. The molecule has 0 aliphatic heterocycles. The Hall–Kier alpha value is -1.39. The molecule has 0 aromatic heterocycles. The summed E-state index contributed by atoms with van der Waals surface area (Å²) in [7, 11) is 0. The van der Waals surface area contributed by atoms with Gasteiger partial charge in [0, 0.05) is 5.41 Å². The fraction of sp³-hybridized carbons (Fsp3) is 0.727. The van der Waals surface area contributed by atoms with E-state index in [9.17, 15) is 14.4 Å². The van der Waals surface area contributed by atoms with Gasteiger partial charge in [-0.3, -0.25) is 14.4 Å². The molecule has 0 radical (unpaired) electrons. The Kier molecular flexibility index (Phi) is 3.08. The van der Waals surface area contributed by atoms with Crippen LogP contribution in [0, 0.1) is 10.8 Å². The Morgan fingerprint density at radius 2 is 1.56 bits per heavy atom. The Balaban J connectivity index is 3.16. The zero-order chi connectivity index (χ0) is 12.6. The number of hydrogen-bond donors (Lipinski definition) is 2. The fourth-order valence-electron chi connectivity index (χ4n) is 2.09. The number of carboxylic acid groups (broad SMARTS) is 2. The first kappa shape index (κ1) is 12.7. The van der Waals surface area contributed by atoms with Crippen molar-refractivity contribution in [3.8, 4) is 0 Å². The van der Waals surface area contributed by atoms with Gasteiger partial charge in [0.05, 0.1) is 0 Å². The second kappa shape index (κ2) is 3.88. The summed E-state index contributed by atoms with van der Waals surface area (Å²) < 4.78 is 0. The van der Waals surface area contributed by atoms with Gasteiger partial charge < -0.3 is 10.2 Å². The summed E-state index contributed by atoms with van der Waals surface area (Å²) >= 11 is 0. The summed E-state index contributed by atoms with van der Waals surface area (Å²) in [6, 6.07) is 0. The number of carbonyl (C=O) groups excluding carboxylic acids is 1. The molecular formula is C11H16O5. The third-order valence-corrected chi connectivity index (χ3v) is 3.66. The molecule has 1 saturated carbocycles. The summed E-state index contributed by atoms with van der Waals surface area (Å²) in [5, 5.41) is 18.1. The molecular weight excluding hydrogens is 212 g/mol. The number of ketones is 1. The summed E-state index contributed by atoms with van der Waals surface area (Å²) in [5.74, 6) is -3.73. The highest BCUT2D eigenvalue weighted by Gasteiger charge is 2.62. The van der Waals surface area contributed by atoms with Gasteiger partial charge in [-0.15, -0.1) is 0 Å². The normalized spacial score (nSPS) is 17.9. The molecule has 16 heavy (non-hydrogen) atoms. The van der Waals surface area contributed by atoms with E-state index in [4.69, 9.17) is 10.2 Å². The Bertz CT molecular complexity index is 326. The van der Waals surface area contributed by atoms with Crippen LogP contribution in [0.4, 0.5) is 0 Å². The molecule has 1 fully saturated rings. The van der Waals surface area contributed by atoms with Crippen molar-refractivity contribution in [3.63, 3.8) is 0 Å². The molecule has 0 heterocycles. The standard InChI is InChI=1S/C11H16O5/c1-3-10(5-6-10)7(12)11(4-2,8(13)14)9(15)16/h3-6H2,1-2H3,(H,13,14)(H,15,16). The van der Waals surface area contributed by atoms with Crippen LogP contribution in [0.5, 0.6) is 0 Å². The van der Waals surface area contributed by atoms with Gasteiger partial charge in [0.2, 0.25) is 5.41 Å². The lowest BCUT2D eigenvalue weighted by molar-refractivity contribution is -0.170. The van der Waals surface area contributed by atoms with E-state index in [0.29, 0.717) is 19.3 Å². The number of rotatable bonds is 6. The SMILES string of the molecule is CCC1(C(=O)C(CC)(C(=O)O)C(=O)O)CC1. The Labute approximate surface area is 93.5 Å². The maximum Gasteiger partial charge on any atom is 0.328 e. The predicted octanol–water partition coefficient (Wildman–Crippen LogP) is 1.31. The zero-order valence-electron chi connectivity index (χ0n) is 9.45. The van der Waals surface area contributed by atoms with Crippen LogP contribution in [0.2, 0.25) is 0 Å². The monoisotopic (exact) mass is 228 g/mol. The van der Waals surface area contributed by atoms with E-state index in [-0.39, 0.29) is 6.42 Å². The average molecular weight is 228 g/mol. The first-order valence-corrected chi connectivity index (χ1v) is 5.39.